The molecule has 0 spiro atoms. The van der Waals surface area contributed by atoms with Crippen LogP contribution in [0, 0.1) is 0 Å². The molecule has 0 aliphatic carbocycles. The van der Waals surface area contributed by atoms with Crippen LogP contribution < -0.4 is 0 Å². The van der Waals surface area contributed by atoms with Gasteiger partial charge in [-0.1, -0.05) is 0 Å². The molecule has 0 amide bonds. The third kappa shape index (κ3) is 2.47. The highest BCUT2D eigenvalue weighted by Gasteiger charge is 2.74. The summed E-state index contributed by atoms with van der Waals surface area (Å²) in [5, 5.41) is 8.41. The molecular weight excluding hydrogens is 287 g/mol. The highest BCUT2D eigenvalue weighted by molar-refractivity contribution is 5.87. The maximum Gasteiger partial charge on any atom is 0.460 e. The molecule has 0 radical (unpaired) electrons. The summed E-state index contributed by atoms with van der Waals surface area (Å²) in [4.78, 5) is 13.0. The standard InChI is InChI=1S/C9H4F7NO2/c10-7(11,8(12,13)9(14,15)16)5-2-1-4(3-17-5)6(18)19/h1-3H,(H,18,19). The molecule has 0 aliphatic heterocycles. The van der Waals surface area contributed by atoms with Crippen molar-refractivity contribution >= 4 is 5.97 Å². The predicted octanol–water partition coefficient (Wildman–Crippen LogP) is 3.07. The van der Waals surface area contributed by atoms with Crippen LogP contribution in [0.25, 0.3) is 0 Å². The lowest BCUT2D eigenvalue weighted by Crippen LogP contribution is -2.50. The molecule has 0 aliphatic rings. The molecule has 0 fully saturated rings. The number of rotatable bonds is 3. The van der Waals surface area contributed by atoms with Crippen LogP contribution in [0.15, 0.2) is 18.3 Å². The molecule has 19 heavy (non-hydrogen) atoms. The number of carboxylic acid groups (broad SMARTS) is 1. The summed E-state index contributed by atoms with van der Waals surface area (Å²) in [5.74, 6) is -13.5. The van der Waals surface area contributed by atoms with Gasteiger partial charge in [0, 0.05) is 6.20 Å². The van der Waals surface area contributed by atoms with E-state index in [0.717, 1.165) is 0 Å². The monoisotopic (exact) mass is 291 g/mol. The van der Waals surface area contributed by atoms with E-state index in [2.05, 4.69) is 4.98 Å². The van der Waals surface area contributed by atoms with Gasteiger partial charge in [0.2, 0.25) is 0 Å². The Hall–Kier alpha value is -1.87. The number of hydrogen-bond acceptors (Lipinski definition) is 2. The largest absolute Gasteiger partial charge is 0.478 e. The molecule has 10 heteroatoms. The van der Waals surface area contributed by atoms with E-state index < -0.39 is 35.2 Å². The van der Waals surface area contributed by atoms with Gasteiger partial charge >= 0.3 is 24.0 Å². The van der Waals surface area contributed by atoms with Crippen molar-refractivity contribution in [3.05, 3.63) is 29.6 Å². The molecule has 0 saturated carbocycles. The number of alkyl halides is 7. The van der Waals surface area contributed by atoms with Crippen molar-refractivity contribution in [3.8, 4) is 0 Å². The topological polar surface area (TPSA) is 50.2 Å². The van der Waals surface area contributed by atoms with Crippen molar-refractivity contribution in [3.63, 3.8) is 0 Å². The van der Waals surface area contributed by atoms with Gasteiger partial charge in [0.15, 0.2) is 0 Å². The molecule has 0 bridgehead atoms. The fourth-order valence-electron chi connectivity index (χ4n) is 1.04. The van der Waals surface area contributed by atoms with Gasteiger partial charge in [-0.15, -0.1) is 0 Å². The van der Waals surface area contributed by atoms with Crippen molar-refractivity contribution in [1.82, 2.24) is 4.98 Å². The summed E-state index contributed by atoms with van der Waals surface area (Å²) in [6.07, 6.45) is -6.21. The molecule has 1 aromatic rings. The minimum absolute atomic E-state index is 0.100. The number of carboxylic acids is 1. The zero-order valence-corrected chi connectivity index (χ0v) is 8.68. The van der Waals surface area contributed by atoms with Crippen LogP contribution in [0.4, 0.5) is 30.7 Å². The van der Waals surface area contributed by atoms with E-state index in [1.807, 2.05) is 0 Å². The lowest BCUT2D eigenvalue weighted by atomic mass is 10.1. The minimum atomic E-state index is -6.47. The molecule has 0 saturated heterocycles. The van der Waals surface area contributed by atoms with Crippen molar-refractivity contribution < 1.29 is 40.6 Å². The fraction of sp³-hybridized carbons (Fsp3) is 0.333. The first kappa shape index (κ1) is 15.2. The molecule has 0 atom stereocenters. The first-order chi connectivity index (χ1) is 8.41. The first-order valence-electron chi connectivity index (χ1n) is 4.43. The highest BCUT2D eigenvalue weighted by atomic mass is 19.4. The van der Waals surface area contributed by atoms with E-state index in [1.54, 1.807) is 0 Å². The second-order valence-corrected chi connectivity index (χ2v) is 3.38. The maximum absolute atomic E-state index is 13.1. The van der Waals surface area contributed by atoms with E-state index in [4.69, 9.17) is 5.11 Å². The van der Waals surface area contributed by atoms with Gasteiger partial charge in [0.05, 0.1) is 5.56 Å². The molecule has 0 aromatic carbocycles. The molecule has 3 nitrogen and oxygen atoms in total. The van der Waals surface area contributed by atoms with Crippen molar-refractivity contribution in [1.29, 1.82) is 0 Å². The van der Waals surface area contributed by atoms with Crippen LogP contribution in [0.2, 0.25) is 0 Å². The Morgan fingerprint density at radius 2 is 1.58 bits per heavy atom. The van der Waals surface area contributed by atoms with E-state index in [-0.39, 0.29) is 12.3 Å². The van der Waals surface area contributed by atoms with Crippen molar-refractivity contribution in [2.45, 2.75) is 18.0 Å². The Morgan fingerprint density at radius 3 is 1.89 bits per heavy atom. The summed E-state index contributed by atoms with van der Waals surface area (Å²) < 4.78 is 87.0. The lowest BCUT2D eigenvalue weighted by Gasteiger charge is -2.27. The number of pyridine rings is 1. The molecular formula is C9H4F7NO2. The van der Waals surface area contributed by atoms with E-state index in [0.29, 0.717) is 6.07 Å². The van der Waals surface area contributed by atoms with Crippen LogP contribution in [0.1, 0.15) is 16.1 Å². The summed E-state index contributed by atoms with van der Waals surface area (Å²) in [6.45, 7) is 0. The number of carbonyl (C=O) groups is 1. The van der Waals surface area contributed by atoms with Crippen molar-refractivity contribution in [2.75, 3.05) is 0 Å². The van der Waals surface area contributed by atoms with Gasteiger partial charge in [-0.2, -0.15) is 30.7 Å². The normalized spacial score (nSPS) is 13.4. The number of aromatic nitrogens is 1. The van der Waals surface area contributed by atoms with E-state index in [1.165, 1.54) is 0 Å². The molecule has 1 heterocycles. The smallest absolute Gasteiger partial charge is 0.460 e. The molecule has 1 N–H and O–H groups in total. The number of aromatic carboxylic acids is 1. The first-order valence-corrected chi connectivity index (χ1v) is 4.43. The second kappa shape index (κ2) is 4.35. The lowest BCUT2D eigenvalue weighted by molar-refractivity contribution is -0.360. The van der Waals surface area contributed by atoms with Gasteiger partial charge < -0.3 is 5.11 Å². The average molecular weight is 291 g/mol. The Kier molecular flexibility index (Phi) is 3.48. The predicted molar refractivity (Wildman–Crippen MR) is 46.1 cm³/mol. The summed E-state index contributed by atoms with van der Waals surface area (Å²) >= 11 is 0. The van der Waals surface area contributed by atoms with Crippen LogP contribution in [0.5, 0.6) is 0 Å². The highest BCUT2D eigenvalue weighted by Crippen LogP contribution is 2.51. The van der Waals surface area contributed by atoms with Crippen LogP contribution in [-0.2, 0) is 5.92 Å². The quantitative estimate of drug-likeness (QED) is 0.871. The Morgan fingerprint density at radius 1 is 1.05 bits per heavy atom. The zero-order valence-electron chi connectivity index (χ0n) is 8.68. The van der Waals surface area contributed by atoms with Crippen LogP contribution in [0.3, 0.4) is 0 Å². The maximum atomic E-state index is 13.1. The molecule has 1 rings (SSSR count). The number of halogens is 7. The zero-order chi connectivity index (χ0) is 15.1. The van der Waals surface area contributed by atoms with Gasteiger partial charge in [0.1, 0.15) is 5.69 Å². The van der Waals surface area contributed by atoms with Crippen LogP contribution in [-0.4, -0.2) is 28.2 Å². The Labute approximate surface area is 100 Å². The minimum Gasteiger partial charge on any atom is -0.478 e. The third-order valence-corrected chi connectivity index (χ3v) is 2.08. The van der Waals surface area contributed by atoms with Gasteiger partial charge in [-0.25, -0.2) is 4.79 Å². The summed E-state index contributed by atoms with van der Waals surface area (Å²) in [5.41, 5.74) is -2.50. The van der Waals surface area contributed by atoms with Crippen molar-refractivity contribution in [2.24, 2.45) is 0 Å². The van der Waals surface area contributed by atoms with Crippen LogP contribution >= 0.6 is 0 Å². The van der Waals surface area contributed by atoms with Gasteiger partial charge in [-0.3, -0.25) is 4.98 Å². The van der Waals surface area contributed by atoms with Gasteiger partial charge in [0.25, 0.3) is 0 Å². The number of nitrogens with zero attached hydrogens (tertiary/aromatic N) is 1. The van der Waals surface area contributed by atoms with E-state index in [9.17, 15) is 35.5 Å². The summed E-state index contributed by atoms with van der Waals surface area (Å²) in [7, 11) is 0. The number of hydrogen-bond donors (Lipinski definition) is 1. The average Bonchev–Trinajstić information content (AvgIpc) is 2.27. The molecule has 106 valence electrons. The fourth-order valence-corrected chi connectivity index (χ4v) is 1.04. The molecule has 1 aromatic heterocycles. The third-order valence-electron chi connectivity index (χ3n) is 2.08. The Bertz CT molecular complexity index is 480. The van der Waals surface area contributed by atoms with Gasteiger partial charge in [-0.05, 0) is 12.1 Å². The van der Waals surface area contributed by atoms with E-state index >= 15 is 0 Å². The Balaban J connectivity index is 3.24. The molecule has 0 unspecified atom stereocenters. The summed E-state index contributed by atoms with van der Waals surface area (Å²) in [6, 6.07) is 0.550. The SMILES string of the molecule is O=C(O)c1ccc(C(F)(F)C(F)(F)C(F)(F)F)nc1. The second-order valence-electron chi connectivity index (χ2n) is 3.38.